The lowest BCUT2D eigenvalue weighted by Gasteiger charge is -2.11. The molecule has 0 aliphatic heterocycles. The molecule has 128 valence electrons. The van der Waals surface area contributed by atoms with Crippen molar-refractivity contribution in [2.24, 2.45) is 0 Å². The quantitative estimate of drug-likeness (QED) is 0.807. The third kappa shape index (κ3) is 5.41. The molecular formula is C15H11F5N2O2. The Balaban J connectivity index is 1.88. The fraction of sp³-hybridized carbons (Fsp3) is 0.133. The molecule has 9 heteroatoms. The maximum absolute atomic E-state index is 13.4. The van der Waals surface area contributed by atoms with Gasteiger partial charge in [0.1, 0.15) is 17.4 Å². The molecule has 1 amide bonds. The van der Waals surface area contributed by atoms with E-state index in [1.165, 1.54) is 12.1 Å². The second-order valence-electron chi connectivity index (χ2n) is 4.60. The molecular weight excluding hydrogens is 335 g/mol. The topological polar surface area (TPSA) is 50.4 Å². The molecule has 4 nitrogen and oxygen atoms in total. The van der Waals surface area contributed by atoms with Crippen LogP contribution in [0.2, 0.25) is 0 Å². The minimum Gasteiger partial charge on any atom is -0.406 e. The Morgan fingerprint density at radius 3 is 2.33 bits per heavy atom. The number of amides is 1. The third-order valence-corrected chi connectivity index (χ3v) is 2.74. The standard InChI is InChI=1S/C15H11F5N2O2/c16-9-1-6-12(17)13(7-9)22-14(23)8-21-10-2-4-11(5-3-10)24-15(18,19)20/h1-7,21H,8H2,(H,22,23). The maximum atomic E-state index is 13.4. The second-order valence-corrected chi connectivity index (χ2v) is 4.60. The molecule has 0 aliphatic carbocycles. The van der Waals surface area contributed by atoms with E-state index < -0.39 is 29.7 Å². The van der Waals surface area contributed by atoms with Crippen LogP contribution < -0.4 is 15.4 Å². The highest BCUT2D eigenvalue weighted by Gasteiger charge is 2.30. The van der Waals surface area contributed by atoms with Gasteiger partial charge in [0.25, 0.3) is 0 Å². The number of carbonyl (C=O) groups excluding carboxylic acids is 1. The number of nitrogens with one attached hydrogen (secondary N) is 2. The largest absolute Gasteiger partial charge is 0.573 e. The summed E-state index contributed by atoms with van der Waals surface area (Å²) in [5, 5.41) is 4.80. The van der Waals surface area contributed by atoms with E-state index in [-0.39, 0.29) is 12.2 Å². The van der Waals surface area contributed by atoms with E-state index in [0.29, 0.717) is 5.69 Å². The summed E-state index contributed by atoms with van der Waals surface area (Å²) < 4.78 is 66.1. The van der Waals surface area contributed by atoms with Crippen LogP contribution in [-0.2, 0) is 4.79 Å². The fourth-order valence-electron chi connectivity index (χ4n) is 1.74. The Morgan fingerprint density at radius 2 is 1.71 bits per heavy atom. The lowest BCUT2D eigenvalue weighted by Crippen LogP contribution is -2.22. The number of hydrogen-bond donors (Lipinski definition) is 2. The summed E-state index contributed by atoms with van der Waals surface area (Å²) in [6, 6.07) is 7.30. The Kier molecular flexibility index (Phi) is 5.22. The molecule has 0 aromatic heterocycles. The minimum atomic E-state index is -4.79. The summed E-state index contributed by atoms with van der Waals surface area (Å²) in [6.07, 6.45) is -4.79. The van der Waals surface area contributed by atoms with Crippen LogP contribution in [0.1, 0.15) is 0 Å². The van der Waals surface area contributed by atoms with Gasteiger partial charge in [0.05, 0.1) is 12.2 Å². The smallest absolute Gasteiger partial charge is 0.406 e. The van der Waals surface area contributed by atoms with E-state index in [1.807, 2.05) is 0 Å². The highest BCUT2D eigenvalue weighted by Crippen LogP contribution is 2.23. The molecule has 0 heterocycles. The van der Waals surface area contributed by atoms with Crippen LogP contribution in [-0.4, -0.2) is 18.8 Å². The number of ether oxygens (including phenoxy) is 1. The Labute approximate surface area is 133 Å². The van der Waals surface area contributed by atoms with Crippen molar-refractivity contribution in [3.05, 3.63) is 54.1 Å². The number of benzene rings is 2. The van der Waals surface area contributed by atoms with Crippen molar-refractivity contribution in [2.45, 2.75) is 6.36 Å². The van der Waals surface area contributed by atoms with E-state index in [4.69, 9.17) is 0 Å². The molecule has 0 bridgehead atoms. The zero-order valence-corrected chi connectivity index (χ0v) is 12.0. The van der Waals surface area contributed by atoms with Gasteiger partial charge in [-0.3, -0.25) is 4.79 Å². The van der Waals surface area contributed by atoms with Crippen LogP contribution in [0, 0.1) is 11.6 Å². The van der Waals surface area contributed by atoms with Gasteiger partial charge in [-0.05, 0) is 36.4 Å². The first kappa shape index (κ1) is 17.5. The monoisotopic (exact) mass is 346 g/mol. The van der Waals surface area contributed by atoms with Crippen molar-refractivity contribution >= 4 is 17.3 Å². The molecule has 0 saturated heterocycles. The molecule has 0 saturated carbocycles. The van der Waals surface area contributed by atoms with Gasteiger partial charge >= 0.3 is 6.36 Å². The van der Waals surface area contributed by atoms with Crippen LogP contribution >= 0.6 is 0 Å². The van der Waals surface area contributed by atoms with Crippen LogP contribution in [0.4, 0.5) is 33.3 Å². The highest BCUT2D eigenvalue weighted by molar-refractivity contribution is 5.93. The lowest BCUT2D eigenvalue weighted by molar-refractivity contribution is -0.274. The zero-order chi connectivity index (χ0) is 17.7. The molecule has 0 radical (unpaired) electrons. The summed E-state index contributed by atoms with van der Waals surface area (Å²) >= 11 is 0. The number of rotatable bonds is 5. The van der Waals surface area contributed by atoms with Crippen molar-refractivity contribution in [1.29, 1.82) is 0 Å². The zero-order valence-electron chi connectivity index (χ0n) is 12.0. The number of hydrogen-bond acceptors (Lipinski definition) is 3. The van der Waals surface area contributed by atoms with Crippen molar-refractivity contribution in [1.82, 2.24) is 0 Å². The van der Waals surface area contributed by atoms with Crippen LogP contribution in [0.5, 0.6) is 5.75 Å². The lowest BCUT2D eigenvalue weighted by atomic mass is 10.3. The third-order valence-electron chi connectivity index (χ3n) is 2.74. The van der Waals surface area contributed by atoms with Gasteiger partial charge in [0, 0.05) is 11.8 Å². The fourth-order valence-corrected chi connectivity index (χ4v) is 1.74. The predicted octanol–water partition coefficient (Wildman–Crippen LogP) is 3.91. The molecule has 0 unspecified atom stereocenters. The van der Waals surface area contributed by atoms with Gasteiger partial charge < -0.3 is 15.4 Å². The van der Waals surface area contributed by atoms with Gasteiger partial charge in [0.15, 0.2) is 0 Å². The second kappa shape index (κ2) is 7.16. The summed E-state index contributed by atoms with van der Waals surface area (Å²) in [6.45, 7) is -0.296. The molecule has 0 fully saturated rings. The van der Waals surface area contributed by atoms with Crippen LogP contribution in [0.3, 0.4) is 0 Å². The number of carbonyl (C=O) groups is 1. The molecule has 0 aliphatic rings. The van der Waals surface area contributed by atoms with E-state index in [1.54, 1.807) is 0 Å². The van der Waals surface area contributed by atoms with Crippen molar-refractivity contribution < 1.29 is 31.5 Å². The number of anilines is 2. The van der Waals surface area contributed by atoms with E-state index >= 15 is 0 Å². The molecule has 2 aromatic rings. The predicted molar refractivity (Wildman–Crippen MR) is 76.6 cm³/mol. The molecule has 24 heavy (non-hydrogen) atoms. The molecule has 2 N–H and O–H groups in total. The van der Waals surface area contributed by atoms with Gasteiger partial charge in [0.2, 0.25) is 5.91 Å². The molecule has 2 aromatic carbocycles. The van der Waals surface area contributed by atoms with E-state index in [9.17, 15) is 26.7 Å². The number of halogens is 5. The average molecular weight is 346 g/mol. The van der Waals surface area contributed by atoms with Crippen LogP contribution in [0.25, 0.3) is 0 Å². The molecule has 0 atom stereocenters. The maximum Gasteiger partial charge on any atom is 0.573 e. The van der Waals surface area contributed by atoms with E-state index in [2.05, 4.69) is 15.4 Å². The SMILES string of the molecule is O=C(CNc1ccc(OC(F)(F)F)cc1)Nc1cc(F)ccc1F. The number of alkyl halides is 3. The van der Waals surface area contributed by atoms with Gasteiger partial charge in [-0.2, -0.15) is 0 Å². The first-order valence-corrected chi connectivity index (χ1v) is 6.57. The average Bonchev–Trinajstić information content (AvgIpc) is 2.49. The molecule has 0 spiro atoms. The Hall–Kier alpha value is -2.84. The van der Waals surface area contributed by atoms with Gasteiger partial charge in [-0.15, -0.1) is 13.2 Å². The van der Waals surface area contributed by atoms with Crippen molar-refractivity contribution in [2.75, 3.05) is 17.2 Å². The summed E-state index contributed by atoms with van der Waals surface area (Å²) in [5.74, 6) is -2.56. The van der Waals surface area contributed by atoms with Crippen LogP contribution in [0.15, 0.2) is 42.5 Å². The Morgan fingerprint density at radius 1 is 1.04 bits per heavy atom. The summed E-state index contributed by atoms with van der Waals surface area (Å²) in [4.78, 5) is 11.7. The van der Waals surface area contributed by atoms with Gasteiger partial charge in [-0.1, -0.05) is 0 Å². The first-order chi connectivity index (χ1) is 11.2. The van der Waals surface area contributed by atoms with E-state index in [0.717, 1.165) is 30.3 Å². The normalized spacial score (nSPS) is 11.0. The minimum absolute atomic E-state index is 0.296. The van der Waals surface area contributed by atoms with Gasteiger partial charge in [-0.25, -0.2) is 8.78 Å². The highest BCUT2D eigenvalue weighted by atomic mass is 19.4. The summed E-state index contributed by atoms with van der Waals surface area (Å²) in [7, 11) is 0. The Bertz CT molecular complexity index is 717. The van der Waals surface area contributed by atoms with Crippen molar-refractivity contribution in [3.8, 4) is 5.75 Å². The van der Waals surface area contributed by atoms with Crippen molar-refractivity contribution in [3.63, 3.8) is 0 Å². The molecule has 2 rings (SSSR count). The first-order valence-electron chi connectivity index (χ1n) is 6.57. The summed E-state index contributed by atoms with van der Waals surface area (Å²) in [5.41, 5.74) is 0.0371.